The largest absolute Gasteiger partial charge is 0.508 e. The number of aromatic nitrogens is 1. The molecule has 0 saturated carbocycles. The van der Waals surface area contributed by atoms with Gasteiger partial charge >= 0.3 is 5.97 Å². The Hall–Kier alpha value is -4.91. The minimum atomic E-state index is -1.45. The Labute approximate surface area is 222 Å². The number of rotatable bonds is 13. The second-order valence-electron chi connectivity index (χ2n) is 8.95. The number of nitrogens with two attached hydrogens (primary N) is 2. The molecule has 1 aromatic heterocycles. The zero-order valence-corrected chi connectivity index (χ0v) is 20.8. The van der Waals surface area contributed by atoms with Crippen molar-refractivity contribution in [3.8, 4) is 5.75 Å². The molecule has 0 aliphatic rings. The first kappa shape index (κ1) is 28.7. The minimum Gasteiger partial charge on any atom is -0.508 e. The first-order chi connectivity index (χ1) is 18.5. The van der Waals surface area contributed by atoms with Gasteiger partial charge in [0.25, 0.3) is 0 Å². The van der Waals surface area contributed by atoms with Crippen LogP contribution in [0.1, 0.15) is 17.5 Å². The number of primary amides is 1. The summed E-state index contributed by atoms with van der Waals surface area (Å²) < 4.78 is 0. The number of amides is 4. The lowest BCUT2D eigenvalue weighted by Gasteiger charge is -2.23. The highest BCUT2D eigenvalue weighted by Gasteiger charge is 2.30. The lowest BCUT2D eigenvalue weighted by molar-refractivity contribution is -0.138. The van der Waals surface area contributed by atoms with Crippen molar-refractivity contribution in [1.29, 1.82) is 0 Å². The molecule has 13 heteroatoms. The fraction of sp³-hybridized carbons (Fsp3) is 0.269. The summed E-state index contributed by atoms with van der Waals surface area (Å²) >= 11 is 0. The molecule has 2 aromatic carbocycles. The van der Waals surface area contributed by atoms with E-state index in [-0.39, 0.29) is 18.6 Å². The maximum atomic E-state index is 13.1. The topological polar surface area (TPSA) is 230 Å². The molecule has 0 saturated heterocycles. The number of phenols is 1. The number of carbonyl (C=O) groups is 5. The van der Waals surface area contributed by atoms with E-state index >= 15 is 0 Å². The van der Waals surface area contributed by atoms with Crippen LogP contribution in [0.25, 0.3) is 10.9 Å². The van der Waals surface area contributed by atoms with Crippen LogP contribution in [0.5, 0.6) is 5.75 Å². The molecule has 3 aromatic rings. The number of carboxylic acids is 1. The highest BCUT2D eigenvalue weighted by Crippen LogP contribution is 2.19. The zero-order valence-electron chi connectivity index (χ0n) is 20.8. The first-order valence-electron chi connectivity index (χ1n) is 12.0. The van der Waals surface area contributed by atoms with E-state index in [0.29, 0.717) is 5.56 Å². The number of H-pyrrole nitrogens is 1. The lowest BCUT2D eigenvalue weighted by Crippen LogP contribution is -2.57. The van der Waals surface area contributed by atoms with Crippen molar-refractivity contribution in [3.05, 3.63) is 65.9 Å². The van der Waals surface area contributed by atoms with Crippen LogP contribution >= 0.6 is 0 Å². The summed E-state index contributed by atoms with van der Waals surface area (Å²) in [5, 5.41) is 26.3. The van der Waals surface area contributed by atoms with Gasteiger partial charge in [0.05, 0.1) is 12.5 Å². The van der Waals surface area contributed by atoms with Crippen LogP contribution in [0.2, 0.25) is 0 Å². The number of aliphatic carboxylic acids is 1. The number of fused-ring (bicyclic) bond motifs is 1. The smallest absolute Gasteiger partial charge is 0.322 e. The fourth-order valence-corrected chi connectivity index (χ4v) is 3.95. The zero-order chi connectivity index (χ0) is 28.5. The first-order valence-corrected chi connectivity index (χ1v) is 12.0. The van der Waals surface area contributed by atoms with Gasteiger partial charge in [0.1, 0.15) is 24.4 Å². The van der Waals surface area contributed by atoms with E-state index in [2.05, 4.69) is 20.9 Å². The van der Waals surface area contributed by atoms with Crippen LogP contribution < -0.4 is 27.4 Å². The van der Waals surface area contributed by atoms with Gasteiger partial charge in [-0.1, -0.05) is 30.3 Å². The minimum absolute atomic E-state index is 0.0112. The predicted octanol–water partition coefficient (Wildman–Crippen LogP) is -0.968. The Balaban J connectivity index is 1.72. The molecule has 0 bridgehead atoms. The van der Waals surface area contributed by atoms with E-state index < -0.39 is 60.7 Å². The van der Waals surface area contributed by atoms with E-state index in [1.54, 1.807) is 6.20 Å². The molecule has 0 radical (unpaired) electrons. The SMILES string of the molecule is NC(=O)CC(NC(=O)C(N)Cc1c[nH]c2ccccc12)C(=O)NC(Cc1ccc(O)cc1)C(=O)NCC(=O)O. The summed E-state index contributed by atoms with van der Waals surface area (Å²) in [5.74, 6) is -4.60. The number of carboxylic acid groups (broad SMARTS) is 1. The Morgan fingerprint density at radius 3 is 2.21 bits per heavy atom. The summed E-state index contributed by atoms with van der Waals surface area (Å²) in [4.78, 5) is 64.3. The van der Waals surface area contributed by atoms with Crippen LogP contribution in [-0.2, 0) is 36.8 Å². The third-order valence-corrected chi connectivity index (χ3v) is 5.91. The second-order valence-corrected chi connectivity index (χ2v) is 8.95. The lowest BCUT2D eigenvalue weighted by atomic mass is 10.0. The van der Waals surface area contributed by atoms with E-state index in [0.717, 1.165) is 16.5 Å². The van der Waals surface area contributed by atoms with Gasteiger partial charge in [0, 0.05) is 23.5 Å². The van der Waals surface area contributed by atoms with Crippen molar-refractivity contribution in [3.63, 3.8) is 0 Å². The van der Waals surface area contributed by atoms with E-state index in [9.17, 15) is 29.1 Å². The van der Waals surface area contributed by atoms with Crippen LogP contribution in [0.15, 0.2) is 54.7 Å². The Morgan fingerprint density at radius 1 is 0.872 bits per heavy atom. The van der Waals surface area contributed by atoms with Crippen LogP contribution in [0.3, 0.4) is 0 Å². The third kappa shape index (κ3) is 8.30. The summed E-state index contributed by atoms with van der Waals surface area (Å²) in [6, 6.07) is 9.47. The molecule has 13 nitrogen and oxygen atoms in total. The molecular formula is C26H30N6O7. The fourth-order valence-electron chi connectivity index (χ4n) is 3.95. The summed E-state index contributed by atoms with van der Waals surface area (Å²) in [7, 11) is 0. The molecular weight excluding hydrogens is 508 g/mol. The van der Waals surface area contributed by atoms with Crippen molar-refractivity contribution in [2.75, 3.05) is 6.54 Å². The summed E-state index contributed by atoms with van der Waals surface area (Å²) in [5.41, 5.74) is 13.6. The number of aromatic hydroxyl groups is 1. The van der Waals surface area contributed by atoms with E-state index in [1.165, 1.54) is 24.3 Å². The molecule has 10 N–H and O–H groups in total. The molecule has 39 heavy (non-hydrogen) atoms. The van der Waals surface area contributed by atoms with Crippen molar-refractivity contribution in [2.24, 2.45) is 11.5 Å². The highest BCUT2D eigenvalue weighted by atomic mass is 16.4. The molecule has 3 rings (SSSR count). The maximum Gasteiger partial charge on any atom is 0.322 e. The molecule has 3 atom stereocenters. The monoisotopic (exact) mass is 538 g/mol. The van der Waals surface area contributed by atoms with Crippen molar-refractivity contribution in [2.45, 2.75) is 37.4 Å². The maximum absolute atomic E-state index is 13.1. The predicted molar refractivity (Wildman–Crippen MR) is 140 cm³/mol. The Morgan fingerprint density at radius 2 is 1.54 bits per heavy atom. The van der Waals surface area contributed by atoms with Gasteiger partial charge in [-0.15, -0.1) is 0 Å². The normalized spacial score (nSPS) is 13.2. The number of benzene rings is 2. The molecule has 1 heterocycles. The van der Waals surface area contributed by atoms with Crippen LogP contribution in [0.4, 0.5) is 0 Å². The summed E-state index contributed by atoms with van der Waals surface area (Å²) in [6.07, 6.45) is 1.23. The molecule has 0 spiro atoms. The van der Waals surface area contributed by atoms with Gasteiger partial charge in [0.2, 0.25) is 23.6 Å². The van der Waals surface area contributed by atoms with Crippen LogP contribution in [0, 0.1) is 0 Å². The van der Waals surface area contributed by atoms with E-state index in [1.807, 2.05) is 24.3 Å². The average molecular weight is 539 g/mol. The molecule has 0 fully saturated rings. The van der Waals surface area contributed by atoms with Gasteiger partial charge < -0.3 is 42.6 Å². The molecule has 3 unspecified atom stereocenters. The number of carbonyl (C=O) groups excluding carboxylic acids is 4. The molecule has 206 valence electrons. The molecule has 0 aliphatic heterocycles. The number of hydrogen-bond donors (Lipinski definition) is 8. The highest BCUT2D eigenvalue weighted by molar-refractivity contribution is 5.96. The van der Waals surface area contributed by atoms with Gasteiger partial charge in [-0.3, -0.25) is 24.0 Å². The van der Waals surface area contributed by atoms with Crippen molar-refractivity contribution < 1.29 is 34.2 Å². The number of para-hydroxylation sites is 1. The van der Waals surface area contributed by atoms with Gasteiger partial charge in [0.15, 0.2) is 0 Å². The second kappa shape index (κ2) is 13.1. The number of aromatic amines is 1. The van der Waals surface area contributed by atoms with E-state index in [4.69, 9.17) is 16.6 Å². The average Bonchev–Trinajstić information content (AvgIpc) is 3.30. The third-order valence-electron chi connectivity index (χ3n) is 5.91. The molecule has 0 aliphatic carbocycles. The number of nitrogens with one attached hydrogen (secondary N) is 4. The molecule has 4 amide bonds. The summed E-state index contributed by atoms with van der Waals surface area (Å²) in [6.45, 7) is -0.690. The standard InChI is InChI=1S/C26H30N6O7/c27-18(10-15-12-29-19-4-2-1-3-17(15)19)24(37)31-21(11-22(28)34)26(39)32-20(25(38)30-13-23(35)36)9-14-5-7-16(33)8-6-14/h1-8,12,18,20-21,29,33H,9-11,13,27H2,(H2,28,34)(H,30,38)(H,31,37)(H,32,39)(H,35,36). The van der Waals surface area contributed by atoms with Crippen molar-refractivity contribution in [1.82, 2.24) is 20.9 Å². The van der Waals surface area contributed by atoms with Gasteiger partial charge in [-0.25, -0.2) is 0 Å². The van der Waals surface area contributed by atoms with Gasteiger partial charge in [-0.05, 0) is 35.7 Å². The Kier molecular flexibility index (Phi) is 9.59. The van der Waals surface area contributed by atoms with Crippen molar-refractivity contribution >= 4 is 40.5 Å². The quantitative estimate of drug-likeness (QED) is 0.135. The Bertz CT molecular complexity index is 1350. The van der Waals surface area contributed by atoms with Crippen LogP contribution in [-0.4, -0.2) is 69.5 Å². The number of phenolic OH excluding ortho intramolecular Hbond substituents is 1. The van der Waals surface area contributed by atoms with Gasteiger partial charge in [-0.2, -0.15) is 0 Å². The number of hydrogen-bond acceptors (Lipinski definition) is 7.